The first-order valence-electron chi connectivity index (χ1n) is 31.5. The van der Waals surface area contributed by atoms with Crippen LogP contribution >= 0.6 is 11.3 Å². The molecule has 3 aromatic heterocycles. The number of hydrogen-bond acceptors (Lipinski definition) is 17. The zero-order valence-corrected chi connectivity index (χ0v) is 54.9. The number of Topliss-reactive ketones (excluding diaryl/α,β-unsaturated/α-hetero) is 1. The lowest BCUT2D eigenvalue weighted by Crippen LogP contribution is -2.54. The number of anilines is 1. The van der Waals surface area contributed by atoms with E-state index in [1.165, 1.54) is 11.1 Å². The SMILES string of the molecule is CCOCCOCCOCCOc1ccc(-c2cnc3[nH]cc(C(=O)c4c(F)ccc(NS(=O)(=O)N5CC[C@@H](F)C5)c4F)c3c2)cc1.CCOCCOCCOc1cc(-c2scnc2C)ccc1CCC(=O)[C@@H]1C[C@@H](O)CN1C(=O)[C@H](C(C)C)N1Cc2ccccc2C1=O. The number of rotatable bonds is 33. The summed E-state index contributed by atoms with van der Waals surface area (Å²) in [6.45, 7) is 15.3. The lowest BCUT2D eigenvalue weighted by Gasteiger charge is -2.35. The Morgan fingerprint density at radius 3 is 2.13 bits per heavy atom. The van der Waals surface area contributed by atoms with Crippen LogP contribution in [0.2, 0.25) is 0 Å². The van der Waals surface area contributed by atoms with Gasteiger partial charge in [-0.05, 0) is 104 Å². The predicted molar refractivity (Wildman–Crippen MR) is 348 cm³/mol. The van der Waals surface area contributed by atoms with Gasteiger partial charge in [0.15, 0.2) is 11.6 Å². The molecule has 2 saturated heterocycles. The number of alkyl halides is 1. The maximum Gasteiger partial charge on any atom is 0.301 e. The van der Waals surface area contributed by atoms with E-state index in [4.69, 9.17) is 33.2 Å². The molecular formula is C68H80F3N7O14S2. The van der Waals surface area contributed by atoms with Crippen molar-refractivity contribution in [3.8, 4) is 33.1 Å². The first-order chi connectivity index (χ1) is 45.4. The molecule has 4 aromatic carbocycles. The van der Waals surface area contributed by atoms with E-state index < -0.39 is 63.2 Å². The molecule has 0 spiro atoms. The van der Waals surface area contributed by atoms with Crippen molar-refractivity contribution in [3.05, 3.63) is 148 Å². The number of aryl methyl sites for hydroxylation is 2. The number of β-amino-alcohol motifs (C(OH)–C–C–N with tert-alkyl or cyclic N) is 1. The number of likely N-dealkylation sites (tertiary alicyclic amines) is 1. The molecule has 2 fully saturated rings. The highest BCUT2D eigenvalue weighted by Gasteiger charge is 2.46. The Hall–Kier alpha value is -7.66. The smallest absolute Gasteiger partial charge is 0.301 e. The number of fused-ring (bicyclic) bond motifs is 2. The van der Waals surface area contributed by atoms with Crippen LogP contribution in [-0.2, 0) is 56.4 Å². The molecule has 21 nitrogen and oxygen atoms in total. The highest BCUT2D eigenvalue weighted by molar-refractivity contribution is 7.90. The number of ether oxygens (including phenoxy) is 7. The molecule has 0 saturated carbocycles. The molecule has 10 rings (SSSR count). The van der Waals surface area contributed by atoms with Crippen molar-refractivity contribution in [1.29, 1.82) is 0 Å². The molecule has 94 heavy (non-hydrogen) atoms. The maximum absolute atomic E-state index is 15.5. The molecule has 3 N–H and O–H groups in total. The van der Waals surface area contributed by atoms with Crippen molar-refractivity contribution < 1.29 is 79.0 Å². The molecule has 504 valence electrons. The number of aliphatic hydroxyl groups excluding tert-OH is 1. The summed E-state index contributed by atoms with van der Waals surface area (Å²) in [5.41, 5.74) is 6.15. The van der Waals surface area contributed by atoms with Crippen LogP contribution in [0.5, 0.6) is 11.5 Å². The second kappa shape index (κ2) is 33.6. The minimum Gasteiger partial charge on any atom is -0.491 e. The third-order valence-electron chi connectivity index (χ3n) is 16.2. The molecule has 0 radical (unpaired) electrons. The lowest BCUT2D eigenvalue weighted by molar-refractivity contribution is -0.142. The number of nitrogens with zero attached hydrogens (tertiary/aromatic N) is 5. The van der Waals surface area contributed by atoms with Gasteiger partial charge < -0.3 is 53.0 Å². The highest BCUT2D eigenvalue weighted by Crippen LogP contribution is 2.36. The van der Waals surface area contributed by atoms with Crippen LogP contribution in [0.1, 0.15) is 90.1 Å². The Kier molecular flexibility index (Phi) is 25.3. The lowest BCUT2D eigenvalue weighted by atomic mass is 9.97. The molecule has 4 atom stereocenters. The number of amides is 2. The summed E-state index contributed by atoms with van der Waals surface area (Å²) >= 11 is 1.56. The van der Waals surface area contributed by atoms with E-state index in [0.717, 1.165) is 49.3 Å². The number of aromatic amines is 1. The summed E-state index contributed by atoms with van der Waals surface area (Å²) in [5, 5.41) is 10.9. The monoisotopic (exact) mass is 1340 g/mol. The van der Waals surface area contributed by atoms with Gasteiger partial charge in [-0.15, -0.1) is 11.3 Å². The third-order valence-corrected chi connectivity index (χ3v) is 18.6. The summed E-state index contributed by atoms with van der Waals surface area (Å²) in [5.74, 6) is -3.08. The van der Waals surface area contributed by atoms with E-state index >= 15 is 4.39 Å². The Labute approximate surface area is 549 Å². The maximum atomic E-state index is 15.5. The van der Waals surface area contributed by atoms with Crippen LogP contribution in [0.25, 0.3) is 32.6 Å². The molecule has 0 unspecified atom stereocenters. The fourth-order valence-electron chi connectivity index (χ4n) is 11.4. The highest BCUT2D eigenvalue weighted by atomic mass is 32.2. The molecule has 7 aromatic rings. The first-order valence-corrected chi connectivity index (χ1v) is 33.8. The molecule has 26 heteroatoms. The normalized spacial score (nSPS) is 16.8. The van der Waals surface area contributed by atoms with Gasteiger partial charge in [-0.3, -0.25) is 23.9 Å². The fraction of sp³-hybridized carbons (Fsp3) is 0.441. The summed E-state index contributed by atoms with van der Waals surface area (Å²) in [4.78, 5) is 70.4. The largest absolute Gasteiger partial charge is 0.491 e. The fourth-order valence-corrected chi connectivity index (χ4v) is 13.5. The van der Waals surface area contributed by atoms with Crippen LogP contribution in [0.15, 0.2) is 103 Å². The number of carbonyl (C=O) groups excluding carboxylic acids is 4. The average molecular weight is 1340 g/mol. The van der Waals surface area contributed by atoms with Crippen LogP contribution in [0.4, 0.5) is 18.9 Å². The summed E-state index contributed by atoms with van der Waals surface area (Å²) < 4.78 is 111. The van der Waals surface area contributed by atoms with E-state index in [1.54, 1.807) is 58.8 Å². The van der Waals surface area contributed by atoms with Crippen molar-refractivity contribution in [3.63, 3.8) is 0 Å². The van der Waals surface area contributed by atoms with Gasteiger partial charge in [0.05, 0.1) is 92.3 Å². The molecule has 3 aliphatic rings. The molecule has 0 aliphatic carbocycles. The number of hydrogen-bond donors (Lipinski definition) is 3. The van der Waals surface area contributed by atoms with Crippen LogP contribution in [0.3, 0.4) is 0 Å². The number of nitrogens with one attached hydrogen (secondary N) is 2. The van der Waals surface area contributed by atoms with Crippen molar-refractivity contribution in [2.24, 2.45) is 5.92 Å². The quantitative estimate of drug-likeness (QED) is 0.0256. The third kappa shape index (κ3) is 17.8. The van der Waals surface area contributed by atoms with Gasteiger partial charge in [0, 0.05) is 86.7 Å². The number of carbonyl (C=O) groups is 4. The number of aliphatic hydroxyl groups is 1. The van der Waals surface area contributed by atoms with Crippen molar-refractivity contribution in [2.75, 3.05) is 104 Å². The van der Waals surface area contributed by atoms with Gasteiger partial charge >= 0.3 is 10.2 Å². The van der Waals surface area contributed by atoms with Gasteiger partial charge in [0.25, 0.3) is 5.91 Å². The average Bonchev–Trinajstić information content (AvgIpc) is 1.57. The van der Waals surface area contributed by atoms with Gasteiger partial charge in [-0.1, -0.05) is 56.3 Å². The van der Waals surface area contributed by atoms with E-state index in [0.29, 0.717) is 126 Å². The van der Waals surface area contributed by atoms with Crippen molar-refractivity contribution in [1.82, 2.24) is 29.1 Å². The molecule has 0 bridgehead atoms. The van der Waals surface area contributed by atoms with E-state index in [-0.39, 0.29) is 68.0 Å². The number of halogens is 3. The Morgan fingerprint density at radius 1 is 0.809 bits per heavy atom. The molecule has 6 heterocycles. The van der Waals surface area contributed by atoms with Crippen molar-refractivity contribution in [2.45, 2.75) is 91.2 Å². The predicted octanol–water partition coefficient (Wildman–Crippen LogP) is 9.58. The number of aromatic nitrogens is 3. The molecule has 2 amide bonds. The second-order valence-electron chi connectivity index (χ2n) is 23.0. The molecule has 3 aliphatic heterocycles. The van der Waals surface area contributed by atoms with E-state index in [9.17, 15) is 41.5 Å². The Morgan fingerprint density at radius 2 is 1.48 bits per heavy atom. The zero-order chi connectivity index (χ0) is 66.9. The van der Waals surface area contributed by atoms with Crippen LogP contribution < -0.4 is 14.2 Å². The zero-order valence-electron chi connectivity index (χ0n) is 53.3. The number of pyridine rings is 1. The minimum atomic E-state index is -4.34. The van der Waals surface area contributed by atoms with Gasteiger partial charge in [-0.2, -0.15) is 12.7 Å². The minimum absolute atomic E-state index is 0.00756. The summed E-state index contributed by atoms with van der Waals surface area (Å²) in [7, 11) is -4.34. The van der Waals surface area contributed by atoms with E-state index in [2.05, 4.69) is 15.0 Å². The number of benzene rings is 4. The van der Waals surface area contributed by atoms with Crippen LogP contribution in [0, 0.1) is 24.5 Å². The topological polar surface area (TPSA) is 251 Å². The van der Waals surface area contributed by atoms with Crippen molar-refractivity contribution >= 4 is 61.6 Å². The number of ketones is 2. The number of thiazole rings is 1. The Balaban J connectivity index is 0.000000221. The number of H-pyrrole nitrogens is 1. The second-order valence-corrected chi connectivity index (χ2v) is 25.5. The summed E-state index contributed by atoms with van der Waals surface area (Å²) in [6.07, 6.45) is 1.48. The van der Waals surface area contributed by atoms with Gasteiger partial charge in [0.2, 0.25) is 11.7 Å². The standard InChI is InChI=1S/C36H45N3O7S.C32H35F3N4O7S/c1-5-44-14-15-45-16-17-46-32-18-26(34-24(4)37-22-47-34)11-10-25(32)12-13-31(41)30-19-28(40)21-38(30)36(43)33(23(2)3)39-20-27-8-6-7-9-29(27)35(39)42;1-2-43-11-12-44-13-14-45-15-16-46-24-5-3-21(4-6-24)22-17-25-26(19-37-32(25)36-18-22)31(40)29-27(34)7-8-28(30(29)35)38-47(41,42)39-10-9-23(33)20-39/h6-11,18,22-23,28,30,33,40H,5,12-17,19-21H2,1-4H3;3-8,17-19,23,38H,2,9-16,20H2,1H3,(H,36,37)/t28-,30+,33+;23-/m11/s1. The van der Waals surface area contributed by atoms with Gasteiger partial charge in [0.1, 0.15) is 48.4 Å². The summed E-state index contributed by atoms with van der Waals surface area (Å²) in [6, 6.07) is 22.3. The van der Waals surface area contributed by atoms with E-state index in [1.807, 2.05) is 81.2 Å². The molecular weight excluding hydrogens is 1260 g/mol. The Bertz CT molecular complexity index is 3840. The first kappa shape index (κ1) is 70.7. The van der Waals surface area contributed by atoms with Gasteiger partial charge in [-0.25, -0.2) is 23.1 Å². The van der Waals surface area contributed by atoms with Crippen LogP contribution in [-0.4, -0.2) is 189 Å².